The van der Waals surface area contributed by atoms with Crippen LogP contribution in [0.4, 0.5) is 8.78 Å². The minimum absolute atomic E-state index is 0.131. The second kappa shape index (κ2) is 5.18. The Balaban J connectivity index is 2.27. The van der Waals surface area contributed by atoms with Gasteiger partial charge in [-0.3, -0.25) is 4.68 Å². The van der Waals surface area contributed by atoms with E-state index in [1.165, 1.54) is 10.6 Å². The van der Waals surface area contributed by atoms with E-state index in [1.54, 1.807) is 24.0 Å². The molecule has 0 fully saturated rings. The molecule has 0 saturated heterocycles. The molecule has 3 heterocycles. The molecular formula is C13H12BrF2N5. The number of hydrogen-bond acceptors (Lipinski definition) is 3. The highest BCUT2D eigenvalue weighted by molar-refractivity contribution is 9.10. The number of alkyl halides is 2. The molecule has 3 rings (SSSR count). The fourth-order valence-electron chi connectivity index (χ4n) is 2.26. The maximum atomic E-state index is 13.9. The number of halogens is 3. The van der Waals surface area contributed by atoms with Crippen molar-refractivity contribution >= 4 is 21.6 Å². The summed E-state index contributed by atoms with van der Waals surface area (Å²) in [6, 6.07) is 3.17. The van der Waals surface area contributed by atoms with Gasteiger partial charge in [-0.1, -0.05) is 0 Å². The molecule has 21 heavy (non-hydrogen) atoms. The van der Waals surface area contributed by atoms with E-state index in [9.17, 15) is 8.78 Å². The number of nitrogens with zero attached hydrogens (tertiary/aromatic N) is 5. The first-order valence-corrected chi connectivity index (χ1v) is 7.05. The first kappa shape index (κ1) is 14.1. The van der Waals surface area contributed by atoms with Crippen LogP contribution >= 0.6 is 15.9 Å². The summed E-state index contributed by atoms with van der Waals surface area (Å²) >= 11 is 3.22. The van der Waals surface area contributed by atoms with E-state index in [0.29, 0.717) is 15.9 Å². The van der Waals surface area contributed by atoms with Gasteiger partial charge in [-0.2, -0.15) is 10.2 Å². The fourth-order valence-corrected chi connectivity index (χ4v) is 2.62. The first-order chi connectivity index (χ1) is 9.99. The largest absolute Gasteiger partial charge is 0.275 e. The summed E-state index contributed by atoms with van der Waals surface area (Å²) < 4.78 is 30.1. The van der Waals surface area contributed by atoms with Crippen LogP contribution in [0.25, 0.3) is 16.9 Å². The second-order valence-corrected chi connectivity index (χ2v) is 5.54. The number of aromatic nitrogens is 5. The van der Waals surface area contributed by atoms with Gasteiger partial charge in [0.05, 0.1) is 17.1 Å². The van der Waals surface area contributed by atoms with Gasteiger partial charge in [0.15, 0.2) is 11.8 Å². The summed E-state index contributed by atoms with van der Waals surface area (Å²) in [4.78, 5) is 4.45. The normalized spacial score (nSPS) is 13.0. The van der Waals surface area contributed by atoms with Gasteiger partial charge in [-0.15, -0.1) is 0 Å². The molecule has 110 valence electrons. The molecule has 0 aliphatic heterocycles. The highest BCUT2D eigenvalue weighted by atomic mass is 79.9. The van der Waals surface area contributed by atoms with Gasteiger partial charge in [-0.25, -0.2) is 18.3 Å². The molecule has 1 atom stereocenters. The number of rotatable bonds is 3. The number of hydrogen-bond donors (Lipinski definition) is 0. The summed E-state index contributed by atoms with van der Waals surface area (Å²) in [5.74, 6) is 0. The van der Waals surface area contributed by atoms with Crippen molar-refractivity contribution in [1.82, 2.24) is 24.4 Å². The van der Waals surface area contributed by atoms with E-state index in [2.05, 4.69) is 31.1 Å². The van der Waals surface area contributed by atoms with Crippen LogP contribution in [-0.4, -0.2) is 31.1 Å². The minimum Gasteiger partial charge on any atom is -0.275 e. The van der Waals surface area contributed by atoms with Gasteiger partial charge in [-0.05, 0) is 28.9 Å². The molecule has 0 spiro atoms. The molecule has 0 amide bonds. The monoisotopic (exact) mass is 355 g/mol. The van der Waals surface area contributed by atoms with E-state index in [4.69, 9.17) is 0 Å². The van der Waals surface area contributed by atoms with E-state index in [-0.39, 0.29) is 5.69 Å². The predicted octanol–water partition coefficient (Wildman–Crippen LogP) is 3.18. The Labute approximate surface area is 127 Å². The molecule has 0 radical (unpaired) electrons. The van der Waals surface area contributed by atoms with Crippen LogP contribution in [0.5, 0.6) is 0 Å². The molecule has 0 N–H and O–H groups in total. The molecule has 5 nitrogen and oxygen atoms in total. The summed E-state index contributed by atoms with van der Waals surface area (Å²) in [5.41, 5.74) is 2.69. The molecule has 0 aliphatic carbocycles. The van der Waals surface area contributed by atoms with Gasteiger partial charge in [0.1, 0.15) is 11.3 Å². The molecule has 1 unspecified atom stereocenters. The van der Waals surface area contributed by atoms with Crippen molar-refractivity contribution in [1.29, 1.82) is 0 Å². The lowest BCUT2D eigenvalue weighted by molar-refractivity contribution is 0.257. The molecule has 3 aromatic rings. The van der Waals surface area contributed by atoms with Crippen molar-refractivity contribution in [2.24, 2.45) is 7.05 Å². The maximum Gasteiger partial charge on any atom is 0.170 e. The van der Waals surface area contributed by atoms with Crippen molar-refractivity contribution in [3.05, 3.63) is 34.3 Å². The highest BCUT2D eigenvalue weighted by Gasteiger charge is 2.19. The molecule has 0 aromatic carbocycles. The van der Waals surface area contributed by atoms with Gasteiger partial charge in [0, 0.05) is 24.9 Å². The zero-order valence-electron chi connectivity index (χ0n) is 11.4. The quantitative estimate of drug-likeness (QED) is 0.724. The topological polar surface area (TPSA) is 48.0 Å². The molecule has 0 bridgehead atoms. The van der Waals surface area contributed by atoms with Crippen molar-refractivity contribution in [3.63, 3.8) is 0 Å². The van der Waals surface area contributed by atoms with Gasteiger partial charge < -0.3 is 0 Å². The van der Waals surface area contributed by atoms with Crippen LogP contribution in [0.3, 0.4) is 0 Å². The van der Waals surface area contributed by atoms with Crippen LogP contribution in [0.15, 0.2) is 22.9 Å². The zero-order chi connectivity index (χ0) is 15.1. The highest BCUT2D eigenvalue weighted by Crippen LogP contribution is 2.27. The third-order valence-electron chi connectivity index (χ3n) is 3.17. The number of fused-ring (bicyclic) bond motifs is 1. The van der Waals surface area contributed by atoms with Crippen molar-refractivity contribution in [3.8, 4) is 11.3 Å². The molecular weight excluding hydrogens is 344 g/mol. The zero-order valence-corrected chi connectivity index (χ0v) is 13.0. The summed E-state index contributed by atoms with van der Waals surface area (Å²) in [7, 11) is 1.80. The third kappa shape index (κ3) is 2.44. The minimum atomic E-state index is -1.75. The van der Waals surface area contributed by atoms with E-state index >= 15 is 0 Å². The Kier molecular flexibility index (Phi) is 3.48. The van der Waals surface area contributed by atoms with Crippen LogP contribution < -0.4 is 0 Å². The first-order valence-electron chi connectivity index (χ1n) is 6.26. The Hall–Kier alpha value is -1.83. The lowest BCUT2D eigenvalue weighted by Crippen LogP contribution is -2.06. The summed E-state index contributed by atoms with van der Waals surface area (Å²) in [6.07, 6.45) is 0.0458. The van der Waals surface area contributed by atoms with E-state index < -0.39 is 12.8 Å². The SMILES string of the molecule is Cc1nn(C)cc1-c1cc(C(F)CF)n2nc(Br)cc2n1. The Morgan fingerprint density at radius 2 is 2.10 bits per heavy atom. The lowest BCUT2D eigenvalue weighted by atomic mass is 10.1. The smallest absolute Gasteiger partial charge is 0.170 e. The fraction of sp³-hybridized carbons (Fsp3) is 0.308. The van der Waals surface area contributed by atoms with Gasteiger partial charge in [0.25, 0.3) is 0 Å². The lowest BCUT2D eigenvalue weighted by Gasteiger charge is -2.09. The van der Waals surface area contributed by atoms with Crippen molar-refractivity contribution in [2.45, 2.75) is 13.1 Å². The summed E-state index contributed by atoms with van der Waals surface area (Å²) in [5, 5.41) is 8.33. The molecule has 8 heteroatoms. The van der Waals surface area contributed by atoms with Crippen molar-refractivity contribution < 1.29 is 8.78 Å². The maximum absolute atomic E-state index is 13.9. The Morgan fingerprint density at radius 3 is 2.71 bits per heavy atom. The van der Waals surface area contributed by atoms with Gasteiger partial charge >= 0.3 is 0 Å². The Bertz CT molecular complexity index is 810. The average molecular weight is 356 g/mol. The van der Waals surface area contributed by atoms with Crippen LogP contribution in [0.1, 0.15) is 17.6 Å². The van der Waals surface area contributed by atoms with Crippen LogP contribution in [0.2, 0.25) is 0 Å². The van der Waals surface area contributed by atoms with Crippen LogP contribution in [-0.2, 0) is 7.05 Å². The molecule has 0 saturated carbocycles. The van der Waals surface area contributed by atoms with E-state index in [0.717, 1.165) is 11.3 Å². The second-order valence-electron chi connectivity index (χ2n) is 4.73. The molecule has 3 aromatic heterocycles. The standard InChI is InChI=1S/C13H12BrF2N5/c1-7-8(6-20(2)18-7)10-3-11(9(16)5-15)21-13(17-10)4-12(14)19-21/h3-4,6,9H,5H2,1-2H3. The third-order valence-corrected chi connectivity index (χ3v) is 3.56. The summed E-state index contributed by atoms with van der Waals surface area (Å²) in [6.45, 7) is 0.733. The van der Waals surface area contributed by atoms with E-state index in [1.807, 2.05) is 6.92 Å². The van der Waals surface area contributed by atoms with Crippen molar-refractivity contribution in [2.75, 3.05) is 6.67 Å². The predicted molar refractivity (Wildman–Crippen MR) is 77.5 cm³/mol. The number of aryl methyl sites for hydroxylation is 2. The average Bonchev–Trinajstić information content (AvgIpc) is 2.97. The van der Waals surface area contributed by atoms with Gasteiger partial charge in [0.2, 0.25) is 0 Å². The molecule has 0 aliphatic rings. The van der Waals surface area contributed by atoms with Crippen LogP contribution in [0, 0.1) is 6.92 Å². The Morgan fingerprint density at radius 1 is 1.33 bits per heavy atom.